The van der Waals surface area contributed by atoms with Gasteiger partial charge in [0.25, 0.3) is 0 Å². The Labute approximate surface area is 143 Å². The predicted octanol–water partition coefficient (Wildman–Crippen LogP) is 3.43. The lowest BCUT2D eigenvalue weighted by Gasteiger charge is -2.24. The highest BCUT2D eigenvalue weighted by molar-refractivity contribution is 9.10. The Kier molecular flexibility index (Phi) is 3.73. The van der Waals surface area contributed by atoms with Crippen molar-refractivity contribution in [2.75, 3.05) is 13.1 Å². The summed E-state index contributed by atoms with van der Waals surface area (Å²) in [5.74, 6) is 0. The van der Waals surface area contributed by atoms with E-state index in [0.29, 0.717) is 6.04 Å². The van der Waals surface area contributed by atoms with Crippen LogP contribution in [0.1, 0.15) is 24.6 Å². The average molecular weight is 374 g/mol. The Morgan fingerprint density at radius 2 is 2.04 bits per heavy atom. The van der Waals surface area contributed by atoms with E-state index in [-0.39, 0.29) is 0 Å². The summed E-state index contributed by atoms with van der Waals surface area (Å²) in [6, 6.07) is 6.90. The molecule has 0 unspecified atom stereocenters. The third-order valence-electron chi connectivity index (χ3n) is 4.75. The van der Waals surface area contributed by atoms with Crippen LogP contribution in [0.15, 0.2) is 28.9 Å². The quantitative estimate of drug-likeness (QED) is 0.748. The zero-order valence-electron chi connectivity index (χ0n) is 13.4. The molecule has 5 nitrogen and oxygen atoms in total. The van der Waals surface area contributed by atoms with Crippen LogP contribution < -0.4 is 5.32 Å². The molecule has 2 aromatic heterocycles. The molecule has 0 radical (unpaired) electrons. The van der Waals surface area contributed by atoms with Crippen molar-refractivity contribution in [1.82, 2.24) is 24.9 Å². The van der Waals surface area contributed by atoms with Gasteiger partial charge in [-0.15, -0.1) is 0 Å². The van der Waals surface area contributed by atoms with Gasteiger partial charge in [0.05, 0.1) is 27.9 Å². The maximum Gasteiger partial charge on any atom is 0.107 e. The summed E-state index contributed by atoms with van der Waals surface area (Å²) in [5, 5.41) is 13.8. The van der Waals surface area contributed by atoms with Crippen molar-refractivity contribution in [3.05, 3.63) is 34.6 Å². The number of nitrogens with zero attached hydrogens (tertiary/aromatic N) is 4. The van der Waals surface area contributed by atoms with E-state index in [1.54, 1.807) is 0 Å². The molecule has 1 saturated heterocycles. The van der Waals surface area contributed by atoms with E-state index in [9.17, 15) is 0 Å². The second-order valence-electron chi connectivity index (χ2n) is 6.22. The summed E-state index contributed by atoms with van der Waals surface area (Å²) in [7, 11) is 1.97. The summed E-state index contributed by atoms with van der Waals surface area (Å²) in [6.07, 6.45) is 4.18. The molecule has 0 bridgehead atoms. The molecule has 1 aromatic carbocycles. The van der Waals surface area contributed by atoms with E-state index in [1.165, 1.54) is 5.69 Å². The van der Waals surface area contributed by atoms with Crippen LogP contribution in [0, 0.1) is 6.92 Å². The fourth-order valence-corrected chi connectivity index (χ4v) is 3.89. The third kappa shape index (κ3) is 2.50. The van der Waals surface area contributed by atoms with Crippen LogP contribution in [0.2, 0.25) is 0 Å². The zero-order chi connectivity index (χ0) is 16.0. The van der Waals surface area contributed by atoms with E-state index >= 15 is 0 Å². The molecule has 0 spiro atoms. The van der Waals surface area contributed by atoms with Gasteiger partial charge in [0.1, 0.15) is 5.69 Å². The highest BCUT2D eigenvalue weighted by Gasteiger charge is 2.22. The van der Waals surface area contributed by atoms with Crippen LogP contribution in [0.4, 0.5) is 0 Å². The molecule has 3 heterocycles. The second-order valence-corrected chi connectivity index (χ2v) is 7.01. The minimum Gasteiger partial charge on any atom is -0.317 e. The van der Waals surface area contributed by atoms with Crippen molar-refractivity contribution in [2.45, 2.75) is 25.8 Å². The van der Waals surface area contributed by atoms with Crippen molar-refractivity contribution in [3.8, 4) is 11.3 Å². The van der Waals surface area contributed by atoms with Gasteiger partial charge in [-0.1, -0.05) is 6.07 Å². The molecule has 1 aliphatic rings. The molecule has 4 rings (SSSR count). The SMILES string of the molecule is Cc1c(Br)c(-c2ccc3c(cnn3C)c2)nn1C1CCNCC1. The van der Waals surface area contributed by atoms with Gasteiger partial charge in [-0.2, -0.15) is 10.2 Å². The largest absolute Gasteiger partial charge is 0.317 e. The number of nitrogens with one attached hydrogen (secondary N) is 1. The Hall–Kier alpha value is -1.66. The number of aryl methyl sites for hydroxylation is 1. The van der Waals surface area contributed by atoms with E-state index in [0.717, 1.165) is 52.6 Å². The Balaban J connectivity index is 1.78. The van der Waals surface area contributed by atoms with Crippen molar-refractivity contribution in [1.29, 1.82) is 0 Å². The van der Waals surface area contributed by atoms with Crippen molar-refractivity contribution < 1.29 is 0 Å². The van der Waals surface area contributed by atoms with E-state index < -0.39 is 0 Å². The minimum atomic E-state index is 0.489. The molecular weight excluding hydrogens is 354 g/mol. The second kappa shape index (κ2) is 5.76. The lowest BCUT2D eigenvalue weighted by Crippen LogP contribution is -2.30. The van der Waals surface area contributed by atoms with Crippen LogP contribution in [-0.4, -0.2) is 32.7 Å². The highest BCUT2D eigenvalue weighted by atomic mass is 79.9. The number of fused-ring (bicyclic) bond motifs is 1. The highest BCUT2D eigenvalue weighted by Crippen LogP contribution is 2.34. The molecule has 6 heteroatoms. The van der Waals surface area contributed by atoms with Crippen LogP contribution in [-0.2, 0) is 7.05 Å². The smallest absolute Gasteiger partial charge is 0.107 e. The van der Waals surface area contributed by atoms with Gasteiger partial charge in [-0.3, -0.25) is 9.36 Å². The third-order valence-corrected chi connectivity index (χ3v) is 5.70. The molecule has 23 heavy (non-hydrogen) atoms. The van der Waals surface area contributed by atoms with Crippen LogP contribution in [0.5, 0.6) is 0 Å². The molecule has 0 aliphatic carbocycles. The summed E-state index contributed by atoms with van der Waals surface area (Å²) in [5.41, 5.74) is 4.50. The number of benzene rings is 1. The number of rotatable bonds is 2. The van der Waals surface area contributed by atoms with Crippen molar-refractivity contribution in [2.24, 2.45) is 7.05 Å². The lowest BCUT2D eigenvalue weighted by atomic mass is 10.1. The van der Waals surface area contributed by atoms with Gasteiger partial charge in [0.2, 0.25) is 0 Å². The first-order valence-electron chi connectivity index (χ1n) is 8.02. The van der Waals surface area contributed by atoms with E-state index in [1.807, 2.05) is 17.9 Å². The van der Waals surface area contributed by atoms with Gasteiger partial charge in [0.15, 0.2) is 0 Å². The first kappa shape index (κ1) is 14.9. The standard InChI is InChI=1S/C17H20BrN5/c1-11-16(18)17(21-23(11)14-5-7-19-8-6-14)12-3-4-15-13(9-12)10-20-22(15)2/h3-4,9-10,14,19H,5-8H2,1-2H3. The van der Waals surface area contributed by atoms with Gasteiger partial charge in [-0.25, -0.2) is 0 Å². The maximum absolute atomic E-state index is 4.93. The summed E-state index contributed by atoms with van der Waals surface area (Å²) in [6.45, 7) is 4.28. The van der Waals surface area contributed by atoms with E-state index in [4.69, 9.17) is 5.10 Å². The van der Waals surface area contributed by atoms with Crippen molar-refractivity contribution >= 4 is 26.8 Å². The summed E-state index contributed by atoms with van der Waals surface area (Å²) >= 11 is 3.75. The van der Waals surface area contributed by atoms with Crippen LogP contribution >= 0.6 is 15.9 Å². The normalized spacial score (nSPS) is 16.3. The molecule has 0 atom stereocenters. The molecular formula is C17H20BrN5. The number of piperidine rings is 1. The topological polar surface area (TPSA) is 47.7 Å². The van der Waals surface area contributed by atoms with E-state index in [2.05, 4.69) is 56.2 Å². The first-order valence-corrected chi connectivity index (χ1v) is 8.82. The molecule has 0 amide bonds. The monoisotopic (exact) mass is 373 g/mol. The fraction of sp³-hybridized carbons (Fsp3) is 0.412. The average Bonchev–Trinajstić information content (AvgIpc) is 3.09. The minimum absolute atomic E-state index is 0.489. The number of aromatic nitrogens is 4. The number of hydrogen-bond acceptors (Lipinski definition) is 3. The Bertz CT molecular complexity index is 857. The van der Waals surface area contributed by atoms with Gasteiger partial charge < -0.3 is 5.32 Å². The first-order chi connectivity index (χ1) is 11.1. The number of hydrogen-bond donors (Lipinski definition) is 1. The summed E-state index contributed by atoms with van der Waals surface area (Å²) in [4.78, 5) is 0. The maximum atomic E-state index is 4.93. The predicted molar refractivity (Wildman–Crippen MR) is 95.5 cm³/mol. The Morgan fingerprint density at radius 3 is 2.83 bits per heavy atom. The molecule has 0 saturated carbocycles. The molecule has 120 valence electrons. The van der Waals surface area contributed by atoms with Crippen LogP contribution in [0.3, 0.4) is 0 Å². The molecule has 1 N–H and O–H groups in total. The fourth-order valence-electron chi connectivity index (χ4n) is 3.40. The summed E-state index contributed by atoms with van der Waals surface area (Å²) < 4.78 is 5.19. The molecule has 3 aromatic rings. The van der Waals surface area contributed by atoms with Crippen LogP contribution in [0.25, 0.3) is 22.2 Å². The van der Waals surface area contributed by atoms with Crippen molar-refractivity contribution in [3.63, 3.8) is 0 Å². The zero-order valence-corrected chi connectivity index (χ0v) is 15.0. The molecule has 1 fully saturated rings. The number of halogens is 1. The van der Waals surface area contributed by atoms with Gasteiger partial charge in [0, 0.05) is 18.0 Å². The van der Waals surface area contributed by atoms with Gasteiger partial charge in [-0.05, 0) is 60.9 Å². The lowest BCUT2D eigenvalue weighted by molar-refractivity contribution is 0.338. The van der Waals surface area contributed by atoms with Gasteiger partial charge >= 0.3 is 0 Å². The Morgan fingerprint density at radius 1 is 1.26 bits per heavy atom. The molecule has 1 aliphatic heterocycles.